The van der Waals surface area contributed by atoms with E-state index in [0.29, 0.717) is 18.5 Å². The molecule has 1 aromatic rings. The molecule has 3 saturated heterocycles. The van der Waals surface area contributed by atoms with Crippen LogP contribution in [-0.4, -0.2) is 91.5 Å². The van der Waals surface area contributed by atoms with E-state index in [4.69, 9.17) is 4.74 Å². The van der Waals surface area contributed by atoms with Gasteiger partial charge >= 0.3 is 0 Å². The van der Waals surface area contributed by atoms with Crippen LogP contribution in [0.5, 0.6) is 0 Å². The maximum atomic E-state index is 13.6. The molecular formula is C27H40N4O4. The number of likely N-dealkylation sites (tertiary alicyclic amines) is 1. The van der Waals surface area contributed by atoms with Crippen LogP contribution in [0.2, 0.25) is 0 Å². The van der Waals surface area contributed by atoms with Gasteiger partial charge in [-0.25, -0.2) is 0 Å². The number of amides is 2. The molecule has 4 atom stereocenters. The summed E-state index contributed by atoms with van der Waals surface area (Å²) in [7, 11) is 0. The molecule has 3 aliphatic rings. The van der Waals surface area contributed by atoms with Gasteiger partial charge < -0.3 is 24.8 Å². The van der Waals surface area contributed by atoms with Crippen molar-refractivity contribution in [1.29, 1.82) is 0 Å². The molecule has 35 heavy (non-hydrogen) atoms. The van der Waals surface area contributed by atoms with E-state index in [1.165, 1.54) is 0 Å². The molecule has 3 fully saturated rings. The minimum atomic E-state index is -0.705. The Bertz CT molecular complexity index is 933. The number of ether oxygens (including phenoxy) is 1. The maximum Gasteiger partial charge on any atom is 0.251 e. The third-order valence-corrected chi connectivity index (χ3v) is 7.46. The zero-order valence-electron chi connectivity index (χ0n) is 21.8. The molecular weight excluding hydrogens is 444 g/mol. The number of hydrogen-bond acceptors (Lipinski definition) is 6. The number of anilines is 1. The molecule has 0 unspecified atom stereocenters. The van der Waals surface area contributed by atoms with Crippen molar-refractivity contribution in [3.05, 3.63) is 29.8 Å². The van der Waals surface area contributed by atoms with Gasteiger partial charge in [0.2, 0.25) is 5.91 Å². The second kappa shape index (κ2) is 10.3. The molecule has 1 N–H and O–H groups in total. The van der Waals surface area contributed by atoms with Crippen LogP contribution in [0.3, 0.4) is 0 Å². The summed E-state index contributed by atoms with van der Waals surface area (Å²) in [6.07, 6.45) is 0.235. The van der Waals surface area contributed by atoms with Gasteiger partial charge in [-0.05, 0) is 42.6 Å². The summed E-state index contributed by atoms with van der Waals surface area (Å²) < 4.78 is 5.65. The van der Waals surface area contributed by atoms with Gasteiger partial charge in [0, 0.05) is 49.9 Å². The number of carbonyl (C=O) groups excluding carboxylic acids is 3. The monoisotopic (exact) mass is 484 g/mol. The number of nitrogens with zero attached hydrogens (tertiary/aromatic N) is 3. The van der Waals surface area contributed by atoms with Crippen molar-refractivity contribution in [1.82, 2.24) is 15.1 Å². The van der Waals surface area contributed by atoms with Crippen LogP contribution < -0.4 is 10.2 Å². The number of rotatable bonds is 6. The normalized spacial score (nSPS) is 26.1. The average molecular weight is 485 g/mol. The lowest BCUT2D eigenvalue weighted by atomic mass is 9.87. The van der Waals surface area contributed by atoms with Crippen molar-refractivity contribution in [2.75, 3.05) is 50.8 Å². The standard InChI is InChI=1S/C27H40N4O4/c1-6-29-11-13-30(14-12-29)20-9-7-19(8-10-20)25(33)28-21(15-27(3,4)5)26(34)31-16-18(2)24-23(31)22(32)17-35-24/h7-10,18,21,23-24H,6,11-17H2,1-5H3,(H,28,33)/t18-,21-,23+,24+/m0/s1. The quantitative estimate of drug-likeness (QED) is 0.667. The molecule has 0 saturated carbocycles. The van der Waals surface area contributed by atoms with E-state index in [0.717, 1.165) is 38.4 Å². The van der Waals surface area contributed by atoms with Crippen molar-refractivity contribution in [3.8, 4) is 0 Å². The largest absolute Gasteiger partial charge is 0.369 e. The van der Waals surface area contributed by atoms with E-state index >= 15 is 0 Å². The highest BCUT2D eigenvalue weighted by Gasteiger charge is 2.51. The van der Waals surface area contributed by atoms with Crippen LogP contribution >= 0.6 is 0 Å². The predicted molar refractivity (Wildman–Crippen MR) is 136 cm³/mol. The molecule has 192 valence electrons. The van der Waals surface area contributed by atoms with Crippen molar-refractivity contribution < 1.29 is 19.1 Å². The molecule has 4 rings (SSSR count). The van der Waals surface area contributed by atoms with Crippen molar-refractivity contribution in [2.45, 2.75) is 59.2 Å². The first-order valence-electron chi connectivity index (χ1n) is 12.9. The zero-order valence-corrected chi connectivity index (χ0v) is 21.8. The third-order valence-electron chi connectivity index (χ3n) is 7.46. The van der Waals surface area contributed by atoms with Gasteiger partial charge in [0.25, 0.3) is 5.91 Å². The number of benzene rings is 1. The number of nitrogens with one attached hydrogen (secondary N) is 1. The second-order valence-corrected chi connectivity index (χ2v) is 11.4. The topological polar surface area (TPSA) is 82.2 Å². The van der Waals surface area contributed by atoms with Crippen LogP contribution in [0.4, 0.5) is 5.69 Å². The number of fused-ring (bicyclic) bond motifs is 1. The smallest absolute Gasteiger partial charge is 0.251 e. The molecule has 0 aliphatic carbocycles. The molecule has 2 amide bonds. The highest BCUT2D eigenvalue weighted by atomic mass is 16.5. The molecule has 3 aliphatic heterocycles. The van der Waals surface area contributed by atoms with Crippen molar-refractivity contribution in [3.63, 3.8) is 0 Å². The molecule has 8 heteroatoms. The summed E-state index contributed by atoms with van der Waals surface area (Å²) in [5.74, 6) is -0.429. The van der Waals surface area contributed by atoms with Gasteiger partial charge in [-0.2, -0.15) is 0 Å². The lowest BCUT2D eigenvalue weighted by Gasteiger charge is -2.35. The number of ketones is 1. The van der Waals surface area contributed by atoms with Gasteiger partial charge in [0.15, 0.2) is 5.78 Å². The lowest BCUT2D eigenvalue weighted by Crippen LogP contribution is -2.53. The molecule has 0 spiro atoms. The van der Waals surface area contributed by atoms with E-state index < -0.39 is 12.1 Å². The summed E-state index contributed by atoms with van der Waals surface area (Å²) >= 11 is 0. The summed E-state index contributed by atoms with van der Waals surface area (Å²) in [5.41, 5.74) is 1.45. The summed E-state index contributed by atoms with van der Waals surface area (Å²) in [5, 5.41) is 2.99. The van der Waals surface area contributed by atoms with Gasteiger partial charge in [0.1, 0.15) is 18.7 Å². The SMILES string of the molecule is CCN1CCN(c2ccc(C(=O)N[C@@H](CC(C)(C)C)C(=O)N3C[C@H](C)[C@H]4OCC(=O)[C@H]43)cc2)CC1. The molecule has 1 aromatic carbocycles. The third kappa shape index (κ3) is 5.70. The fourth-order valence-corrected chi connectivity index (χ4v) is 5.52. The lowest BCUT2D eigenvalue weighted by molar-refractivity contribution is -0.138. The number of carbonyl (C=O) groups is 3. The Hall–Kier alpha value is -2.45. The first-order chi connectivity index (χ1) is 16.6. The van der Waals surface area contributed by atoms with Crippen LogP contribution in [0.15, 0.2) is 24.3 Å². The van der Waals surface area contributed by atoms with Crippen LogP contribution in [0.1, 0.15) is 51.4 Å². The first kappa shape index (κ1) is 25.6. The second-order valence-electron chi connectivity index (χ2n) is 11.4. The van der Waals surface area contributed by atoms with Crippen LogP contribution in [0, 0.1) is 11.3 Å². The fraction of sp³-hybridized carbons (Fsp3) is 0.667. The molecule has 3 heterocycles. The van der Waals surface area contributed by atoms with Crippen LogP contribution in [0.25, 0.3) is 0 Å². The van der Waals surface area contributed by atoms with Gasteiger partial charge in [0.05, 0.1) is 6.10 Å². The van der Waals surface area contributed by atoms with Crippen molar-refractivity contribution in [2.24, 2.45) is 11.3 Å². The van der Waals surface area contributed by atoms with Crippen molar-refractivity contribution >= 4 is 23.3 Å². The van der Waals surface area contributed by atoms with E-state index in [1.807, 2.05) is 52.0 Å². The number of hydrogen-bond donors (Lipinski definition) is 1. The van der Waals surface area contributed by atoms with Gasteiger partial charge in [-0.3, -0.25) is 14.4 Å². The molecule has 8 nitrogen and oxygen atoms in total. The zero-order chi connectivity index (χ0) is 25.3. The van der Waals surface area contributed by atoms with E-state index in [1.54, 1.807) is 4.90 Å². The number of likely N-dealkylation sites (N-methyl/N-ethyl adjacent to an activating group) is 1. The molecule has 0 aromatic heterocycles. The molecule has 0 radical (unpaired) electrons. The van der Waals surface area contributed by atoms with Gasteiger partial charge in [-0.15, -0.1) is 0 Å². The predicted octanol–water partition coefficient (Wildman–Crippen LogP) is 2.18. The van der Waals surface area contributed by atoms with Crippen LogP contribution in [-0.2, 0) is 14.3 Å². The Morgan fingerprint density at radius 1 is 1.11 bits per heavy atom. The Morgan fingerprint density at radius 3 is 2.37 bits per heavy atom. The summed E-state index contributed by atoms with van der Waals surface area (Å²) in [6, 6.07) is 6.39. The average Bonchev–Trinajstić information content (AvgIpc) is 3.37. The van der Waals surface area contributed by atoms with E-state index in [9.17, 15) is 14.4 Å². The Kier molecular flexibility index (Phi) is 7.52. The Labute approximate surface area is 209 Å². The summed E-state index contributed by atoms with van der Waals surface area (Å²) in [6.45, 7) is 16.0. The number of Topliss-reactive ketones (excluding diaryl/α,β-unsaturated/α-hetero) is 1. The minimum absolute atomic E-state index is 0.0519. The van der Waals surface area contributed by atoms with E-state index in [2.05, 4.69) is 22.0 Å². The Balaban J connectivity index is 1.45. The highest BCUT2D eigenvalue weighted by Crippen LogP contribution is 2.33. The summed E-state index contributed by atoms with van der Waals surface area (Å²) in [4.78, 5) is 45.7. The van der Waals surface area contributed by atoms with E-state index in [-0.39, 0.29) is 41.6 Å². The first-order valence-corrected chi connectivity index (χ1v) is 12.9. The fourth-order valence-electron chi connectivity index (χ4n) is 5.52. The van der Waals surface area contributed by atoms with Gasteiger partial charge in [-0.1, -0.05) is 34.6 Å². The minimum Gasteiger partial charge on any atom is -0.369 e. The number of piperazine rings is 1. The molecule has 0 bridgehead atoms. The Morgan fingerprint density at radius 2 is 1.77 bits per heavy atom. The highest BCUT2D eigenvalue weighted by molar-refractivity contribution is 5.99. The maximum absolute atomic E-state index is 13.6.